The fourth-order valence-corrected chi connectivity index (χ4v) is 2.42. The molecular formula is C18H23N3O3. The number of oxime groups is 1. The van der Waals surface area contributed by atoms with Gasteiger partial charge in [0.05, 0.1) is 0 Å². The van der Waals surface area contributed by atoms with E-state index in [1.54, 1.807) is 12.1 Å². The van der Waals surface area contributed by atoms with Crippen molar-refractivity contribution in [2.45, 2.75) is 32.1 Å². The molecule has 0 saturated heterocycles. The maximum absolute atomic E-state index is 11.6. The number of carbonyl (C=O) groups excluding carboxylic acids is 2. The first-order valence-corrected chi connectivity index (χ1v) is 8.20. The molecule has 2 amide bonds. The Labute approximate surface area is 142 Å². The number of nitrogens with one attached hydrogen (secondary N) is 2. The van der Waals surface area contributed by atoms with E-state index in [0.29, 0.717) is 12.2 Å². The van der Waals surface area contributed by atoms with Gasteiger partial charge in [0.1, 0.15) is 6.21 Å². The van der Waals surface area contributed by atoms with Crippen LogP contribution < -0.4 is 10.6 Å². The van der Waals surface area contributed by atoms with Crippen LogP contribution in [-0.2, 0) is 14.4 Å². The molecule has 1 aliphatic rings. The van der Waals surface area contributed by atoms with Gasteiger partial charge in [0.25, 0.3) is 11.8 Å². The van der Waals surface area contributed by atoms with Crippen molar-refractivity contribution >= 4 is 23.7 Å². The topological polar surface area (TPSA) is 79.8 Å². The van der Waals surface area contributed by atoms with E-state index in [0.717, 1.165) is 25.5 Å². The standard InChI is InChI=1S/C18H23N3O3/c22-17(21-16-9-5-2-6-10-16)13-20-24-14-18(23)19-12-11-15-7-3-1-4-8-15/h2,5-7,9-10,13H,1,3-4,8,11-12,14H2,(H,19,23)(H,21,22). The van der Waals surface area contributed by atoms with Crippen molar-refractivity contribution in [3.63, 3.8) is 0 Å². The van der Waals surface area contributed by atoms with Crippen LogP contribution in [0.5, 0.6) is 0 Å². The third kappa shape index (κ3) is 7.09. The molecule has 0 atom stereocenters. The molecule has 6 nitrogen and oxygen atoms in total. The Hall–Kier alpha value is -2.63. The number of benzene rings is 1. The highest BCUT2D eigenvalue weighted by molar-refractivity contribution is 6.31. The second kappa shape index (κ2) is 10.2. The third-order valence-corrected chi connectivity index (χ3v) is 3.63. The lowest BCUT2D eigenvalue weighted by molar-refractivity contribution is -0.125. The highest BCUT2D eigenvalue weighted by Crippen LogP contribution is 2.19. The minimum Gasteiger partial charge on any atom is -0.386 e. The van der Waals surface area contributed by atoms with Crippen molar-refractivity contribution in [1.29, 1.82) is 0 Å². The first-order valence-electron chi connectivity index (χ1n) is 8.20. The maximum atomic E-state index is 11.6. The average Bonchev–Trinajstić information content (AvgIpc) is 2.60. The SMILES string of the molecule is O=C(C=NOCC(=O)NCCC1=CCCCC1)Nc1ccccc1. The summed E-state index contributed by atoms with van der Waals surface area (Å²) in [5, 5.41) is 8.90. The van der Waals surface area contributed by atoms with Crippen molar-refractivity contribution in [2.75, 3.05) is 18.5 Å². The maximum Gasteiger partial charge on any atom is 0.270 e. The Morgan fingerprint density at radius 1 is 1.21 bits per heavy atom. The number of para-hydroxylation sites is 1. The number of carbonyl (C=O) groups is 2. The van der Waals surface area contributed by atoms with Gasteiger partial charge in [-0.05, 0) is 44.2 Å². The molecule has 0 bridgehead atoms. The van der Waals surface area contributed by atoms with Gasteiger partial charge in [-0.1, -0.05) is 35.0 Å². The minimum absolute atomic E-state index is 0.200. The molecule has 6 heteroatoms. The summed E-state index contributed by atoms with van der Waals surface area (Å²) in [5.74, 6) is -0.655. The summed E-state index contributed by atoms with van der Waals surface area (Å²) in [6, 6.07) is 9.02. The smallest absolute Gasteiger partial charge is 0.270 e. The zero-order valence-electron chi connectivity index (χ0n) is 13.7. The average molecular weight is 329 g/mol. The summed E-state index contributed by atoms with van der Waals surface area (Å²) in [4.78, 5) is 28.0. The molecule has 0 saturated carbocycles. The number of rotatable bonds is 8. The van der Waals surface area contributed by atoms with E-state index in [1.165, 1.54) is 18.4 Å². The highest BCUT2D eigenvalue weighted by Gasteiger charge is 2.05. The van der Waals surface area contributed by atoms with Crippen LogP contribution in [0, 0.1) is 0 Å². The fraction of sp³-hybridized carbons (Fsp3) is 0.389. The summed E-state index contributed by atoms with van der Waals surface area (Å²) in [5.41, 5.74) is 2.08. The van der Waals surface area contributed by atoms with Crippen molar-refractivity contribution < 1.29 is 14.4 Å². The molecular weight excluding hydrogens is 306 g/mol. The van der Waals surface area contributed by atoms with Crippen molar-refractivity contribution in [3.05, 3.63) is 42.0 Å². The van der Waals surface area contributed by atoms with Crippen LogP contribution in [0.1, 0.15) is 32.1 Å². The lowest BCUT2D eigenvalue weighted by atomic mass is 9.97. The molecule has 0 heterocycles. The number of anilines is 1. The van der Waals surface area contributed by atoms with Gasteiger partial charge in [-0.3, -0.25) is 9.59 Å². The van der Waals surface area contributed by atoms with Crippen LogP contribution in [-0.4, -0.2) is 31.2 Å². The van der Waals surface area contributed by atoms with Gasteiger partial charge in [0, 0.05) is 12.2 Å². The van der Waals surface area contributed by atoms with Crippen LogP contribution in [0.2, 0.25) is 0 Å². The Bertz CT molecular complexity index is 597. The molecule has 0 aromatic heterocycles. The van der Waals surface area contributed by atoms with Crippen LogP contribution >= 0.6 is 0 Å². The number of allylic oxidation sites excluding steroid dienone is 1. The highest BCUT2D eigenvalue weighted by atomic mass is 16.6. The van der Waals surface area contributed by atoms with E-state index in [1.807, 2.05) is 18.2 Å². The van der Waals surface area contributed by atoms with Crippen LogP contribution in [0.15, 0.2) is 47.1 Å². The van der Waals surface area contributed by atoms with E-state index in [4.69, 9.17) is 4.84 Å². The predicted octanol–water partition coefficient (Wildman–Crippen LogP) is 2.63. The Morgan fingerprint density at radius 2 is 2.04 bits per heavy atom. The van der Waals surface area contributed by atoms with Crippen molar-refractivity contribution in [3.8, 4) is 0 Å². The summed E-state index contributed by atoms with van der Waals surface area (Å²) in [6.07, 6.45) is 8.94. The molecule has 1 aromatic rings. The van der Waals surface area contributed by atoms with Crippen LogP contribution in [0.25, 0.3) is 0 Å². The monoisotopic (exact) mass is 329 g/mol. The number of nitrogens with zero attached hydrogens (tertiary/aromatic N) is 1. The Balaban J connectivity index is 1.56. The molecule has 24 heavy (non-hydrogen) atoms. The van der Waals surface area contributed by atoms with Crippen molar-refractivity contribution in [1.82, 2.24) is 5.32 Å². The van der Waals surface area contributed by atoms with Crippen LogP contribution in [0.3, 0.4) is 0 Å². The summed E-state index contributed by atoms with van der Waals surface area (Å²) >= 11 is 0. The normalized spacial score (nSPS) is 14.1. The lowest BCUT2D eigenvalue weighted by Gasteiger charge is -2.12. The second-order valence-electron chi connectivity index (χ2n) is 5.57. The van der Waals surface area contributed by atoms with E-state index < -0.39 is 5.91 Å². The molecule has 1 aromatic carbocycles. The molecule has 1 aliphatic carbocycles. The minimum atomic E-state index is -0.411. The number of hydrogen-bond acceptors (Lipinski definition) is 4. The van der Waals surface area contributed by atoms with Gasteiger partial charge in [0.2, 0.25) is 0 Å². The van der Waals surface area contributed by atoms with E-state index in [9.17, 15) is 9.59 Å². The third-order valence-electron chi connectivity index (χ3n) is 3.63. The van der Waals surface area contributed by atoms with Gasteiger partial charge in [-0.25, -0.2) is 0 Å². The van der Waals surface area contributed by atoms with Gasteiger partial charge in [-0.15, -0.1) is 0 Å². The first-order chi connectivity index (χ1) is 11.7. The molecule has 128 valence electrons. The van der Waals surface area contributed by atoms with Gasteiger partial charge >= 0.3 is 0 Å². The van der Waals surface area contributed by atoms with E-state index in [2.05, 4.69) is 21.9 Å². The van der Waals surface area contributed by atoms with E-state index >= 15 is 0 Å². The largest absolute Gasteiger partial charge is 0.386 e. The zero-order valence-corrected chi connectivity index (χ0v) is 13.7. The van der Waals surface area contributed by atoms with Gasteiger partial charge in [0.15, 0.2) is 6.61 Å². The van der Waals surface area contributed by atoms with Crippen molar-refractivity contribution in [2.24, 2.45) is 5.16 Å². The first kappa shape index (κ1) is 17.7. The molecule has 2 rings (SSSR count). The molecule has 0 radical (unpaired) electrons. The predicted molar refractivity (Wildman–Crippen MR) is 93.7 cm³/mol. The molecule has 0 spiro atoms. The Morgan fingerprint density at radius 3 is 2.79 bits per heavy atom. The summed E-state index contributed by atoms with van der Waals surface area (Å²) in [7, 11) is 0. The van der Waals surface area contributed by atoms with Crippen LogP contribution in [0.4, 0.5) is 5.69 Å². The van der Waals surface area contributed by atoms with E-state index in [-0.39, 0.29) is 12.5 Å². The van der Waals surface area contributed by atoms with Gasteiger partial charge < -0.3 is 15.5 Å². The fourth-order valence-electron chi connectivity index (χ4n) is 2.42. The Kier molecular flexibility index (Phi) is 7.53. The molecule has 0 aliphatic heterocycles. The quantitative estimate of drug-likeness (QED) is 0.437. The zero-order chi connectivity index (χ0) is 17.0. The molecule has 0 fully saturated rings. The summed E-state index contributed by atoms with van der Waals surface area (Å²) < 4.78 is 0. The lowest BCUT2D eigenvalue weighted by Crippen LogP contribution is -2.28. The number of hydrogen-bond donors (Lipinski definition) is 2. The summed E-state index contributed by atoms with van der Waals surface area (Å²) in [6.45, 7) is 0.403. The molecule has 0 unspecified atom stereocenters. The number of amides is 2. The second-order valence-corrected chi connectivity index (χ2v) is 5.57. The van der Waals surface area contributed by atoms with Gasteiger partial charge in [-0.2, -0.15) is 0 Å². The molecule has 2 N–H and O–H groups in total.